The van der Waals surface area contributed by atoms with E-state index in [0.29, 0.717) is 12.8 Å². The molecule has 0 saturated heterocycles. The average Bonchev–Trinajstić information content (AvgIpc) is 2.73. The molecule has 0 aliphatic rings. The average molecular weight is 242 g/mol. The summed E-state index contributed by atoms with van der Waals surface area (Å²) in [4.78, 5) is 11.9. The molecule has 3 nitrogen and oxygen atoms in total. The van der Waals surface area contributed by atoms with E-state index < -0.39 is 0 Å². The molecule has 1 aromatic heterocycles. The number of carbonyl (C=O) groups excluding carboxylic acids is 1. The molecule has 0 unspecified atom stereocenters. The molecule has 2 rings (SSSR count). The molecule has 0 N–H and O–H groups in total. The van der Waals surface area contributed by atoms with Gasteiger partial charge in [-0.15, -0.1) is 0 Å². The second-order valence-corrected chi connectivity index (χ2v) is 4.73. The van der Waals surface area contributed by atoms with Gasteiger partial charge in [0.05, 0.1) is 6.20 Å². The maximum atomic E-state index is 11.9. The van der Waals surface area contributed by atoms with Crippen molar-refractivity contribution in [2.24, 2.45) is 7.05 Å². The lowest BCUT2D eigenvalue weighted by Gasteiger charge is -2.02. The first-order valence-electron chi connectivity index (χ1n) is 6.18. The fourth-order valence-corrected chi connectivity index (χ4v) is 2.02. The Bertz CT molecular complexity index is 543. The summed E-state index contributed by atoms with van der Waals surface area (Å²) in [7, 11) is 1.89. The van der Waals surface area contributed by atoms with Crippen LogP contribution in [0.1, 0.15) is 23.1 Å². The first kappa shape index (κ1) is 12.6. The van der Waals surface area contributed by atoms with Crippen LogP contribution < -0.4 is 0 Å². The molecule has 0 spiro atoms. The number of ketones is 1. The number of benzene rings is 1. The standard InChI is InChI=1S/C15H18N2O/c1-12-4-3-5-13(8-12)9-15(18)7-6-14-10-16-17(2)11-14/h3-5,8,10-11H,6-7,9H2,1-2H3. The Morgan fingerprint density at radius 1 is 1.33 bits per heavy atom. The SMILES string of the molecule is Cc1cccc(CC(=O)CCc2cnn(C)c2)c1. The highest BCUT2D eigenvalue weighted by Gasteiger charge is 2.05. The molecule has 0 fully saturated rings. The molecule has 2 aromatic rings. The van der Waals surface area contributed by atoms with Crippen LogP contribution in [0.4, 0.5) is 0 Å². The smallest absolute Gasteiger partial charge is 0.137 e. The van der Waals surface area contributed by atoms with E-state index in [0.717, 1.165) is 17.5 Å². The third-order valence-corrected chi connectivity index (χ3v) is 2.93. The van der Waals surface area contributed by atoms with Crippen molar-refractivity contribution in [1.29, 1.82) is 0 Å². The van der Waals surface area contributed by atoms with E-state index in [2.05, 4.69) is 11.2 Å². The number of carbonyl (C=O) groups is 1. The first-order valence-corrected chi connectivity index (χ1v) is 6.18. The van der Waals surface area contributed by atoms with E-state index in [-0.39, 0.29) is 5.78 Å². The van der Waals surface area contributed by atoms with Crippen LogP contribution in [0, 0.1) is 6.92 Å². The lowest BCUT2D eigenvalue weighted by molar-refractivity contribution is -0.118. The van der Waals surface area contributed by atoms with Crippen LogP contribution in [0.2, 0.25) is 0 Å². The van der Waals surface area contributed by atoms with Crippen LogP contribution in [-0.2, 0) is 24.7 Å². The van der Waals surface area contributed by atoms with E-state index in [1.807, 2.05) is 44.6 Å². The molecule has 0 aliphatic heterocycles. The van der Waals surface area contributed by atoms with Crippen LogP contribution in [0.3, 0.4) is 0 Å². The van der Waals surface area contributed by atoms with E-state index in [1.165, 1.54) is 5.56 Å². The zero-order chi connectivity index (χ0) is 13.0. The van der Waals surface area contributed by atoms with Crippen molar-refractivity contribution in [3.63, 3.8) is 0 Å². The highest BCUT2D eigenvalue weighted by molar-refractivity contribution is 5.81. The van der Waals surface area contributed by atoms with Crippen molar-refractivity contribution >= 4 is 5.78 Å². The zero-order valence-corrected chi connectivity index (χ0v) is 10.9. The summed E-state index contributed by atoms with van der Waals surface area (Å²) in [6.45, 7) is 2.05. The van der Waals surface area contributed by atoms with Gasteiger partial charge in [0.15, 0.2) is 0 Å². The maximum Gasteiger partial charge on any atom is 0.137 e. The molecule has 0 saturated carbocycles. The first-order chi connectivity index (χ1) is 8.63. The van der Waals surface area contributed by atoms with E-state index in [9.17, 15) is 4.79 Å². The van der Waals surface area contributed by atoms with Gasteiger partial charge < -0.3 is 0 Å². The Morgan fingerprint density at radius 3 is 2.83 bits per heavy atom. The van der Waals surface area contributed by atoms with Crippen LogP contribution >= 0.6 is 0 Å². The number of rotatable bonds is 5. The molecule has 0 radical (unpaired) electrons. The highest BCUT2D eigenvalue weighted by atomic mass is 16.1. The molecule has 1 aromatic carbocycles. The minimum atomic E-state index is 0.282. The van der Waals surface area contributed by atoms with E-state index >= 15 is 0 Å². The van der Waals surface area contributed by atoms with Crippen molar-refractivity contribution in [2.45, 2.75) is 26.2 Å². The molecular weight excluding hydrogens is 224 g/mol. The molecule has 18 heavy (non-hydrogen) atoms. The fourth-order valence-electron chi connectivity index (χ4n) is 2.02. The molecule has 0 bridgehead atoms. The number of aryl methyl sites for hydroxylation is 3. The summed E-state index contributed by atoms with van der Waals surface area (Å²) in [6, 6.07) is 8.12. The summed E-state index contributed by atoms with van der Waals surface area (Å²) in [5.41, 5.74) is 3.42. The summed E-state index contributed by atoms with van der Waals surface area (Å²) < 4.78 is 1.76. The quantitative estimate of drug-likeness (QED) is 0.807. The van der Waals surface area contributed by atoms with Gasteiger partial charge in [0.1, 0.15) is 5.78 Å². The van der Waals surface area contributed by atoms with Gasteiger partial charge in [0, 0.05) is 26.1 Å². The van der Waals surface area contributed by atoms with Crippen molar-refractivity contribution in [3.05, 3.63) is 53.3 Å². The summed E-state index contributed by atoms with van der Waals surface area (Å²) in [5, 5.41) is 4.10. The minimum absolute atomic E-state index is 0.282. The van der Waals surface area contributed by atoms with Crippen molar-refractivity contribution in [2.75, 3.05) is 0 Å². The third-order valence-electron chi connectivity index (χ3n) is 2.93. The zero-order valence-electron chi connectivity index (χ0n) is 10.9. The Kier molecular flexibility index (Phi) is 3.92. The molecule has 94 valence electrons. The molecule has 0 amide bonds. The lowest BCUT2D eigenvalue weighted by Crippen LogP contribution is -2.04. The Hall–Kier alpha value is -1.90. The van der Waals surface area contributed by atoms with Crippen molar-refractivity contribution < 1.29 is 4.79 Å². The fraction of sp³-hybridized carbons (Fsp3) is 0.333. The lowest BCUT2D eigenvalue weighted by atomic mass is 10.0. The molecule has 0 atom stereocenters. The Balaban J connectivity index is 1.85. The maximum absolute atomic E-state index is 11.9. The van der Waals surface area contributed by atoms with Crippen LogP contribution in [0.25, 0.3) is 0 Å². The largest absolute Gasteiger partial charge is 0.299 e. The third kappa shape index (κ3) is 3.55. The Morgan fingerprint density at radius 2 is 2.17 bits per heavy atom. The van der Waals surface area contributed by atoms with Crippen molar-refractivity contribution in [1.82, 2.24) is 9.78 Å². The number of Topliss-reactive ketones (excluding diaryl/α,β-unsaturated/α-hetero) is 1. The van der Waals surface area contributed by atoms with Crippen molar-refractivity contribution in [3.8, 4) is 0 Å². The van der Waals surface area contributed by atoms with Gasteiger partial charge in [-0.2, -0.15) is 5.10 Å². The van der Waals surface area contributed by atoms with Gasteiger partial charge >= 0.3 is 0 Å². The van der Waals surface area contributed by atoms with Gasteiger partial charge in [-0.25, -0.2) is 0 Å². The monoisotopic (exact) mass is 242 g/mol. The van der Waals surface area contributed by atoms with Crippen LogP contribution in [0.15, 0.2) is 36.7 Å². The van der Waals surface area contributed by atoms with Gasteiger partial charge in [-0.1, -0.05) is 29.8 Å². The summed E-state index contributed by atoms with van der Waals surface area (Å²) in [6.07, 6.45) is 5.67. The van der Waals surface area contributed by atoms with E-state index in [4.69, 9.17) is 0 Å². The topological polar surface area (TPSA) is 34.9 Å². The normalized spacial score (nSPS) is 10.6. The second kappa shape index (κ2) is 5.63. The van der Waals surface area contributed by atoms with Gasteiger partial charge in [-0.05, 0) is 24.5 Å². The van der Waals surface area contributed by atoms with Crippen LogP contribution in [0.5, 0.6) is 0 Å². The van der Waals surface area contributed by atoms with E-state index in [1.54, 1.807) is 4.68 Å². The van der Waals surface area contributed by atoms with Gasteiger partial charge in [0.2, 0.25) is 0 Å². The molecule has 0 aliphatic carbocycles. The highest BCUT2D eigenvalue weighted by Crippen LogP contribution is 2.08. The Labute approximate surface area is 107 Å². The predicted octanol–water partition coefficient (Wildman–Crippen LogP) is 2.47. The van der Waals surface area contributed by atoms with Crippen LogP contribution in [-0.4, -0.2) is 15.6 Å². The summed E-state index contributed by atoms with van der Waals surface area (Å²) >= 11 is 0. The van der Waals surface area contributed by atoms with Gasteiger partial charge in [0.25, 0.3) is 0 Å². The van der Waals surface area contributed by atoms with Gasteiger partial charge in [-0.3, -0.25) is 9.48 Å². The second-order valence-electron chi connectivity index (χ2n) is 4.73. The number of hydrogen-bond donors (Lipinski definition) is 0. The molecular formula is C15H18N2O. The number of aromatic nitrogens is 2. The molecule has 3 heteroatoms. The summed E-state index contributed by atoms with van der Waals surface area (Å²) in [5.74, 6) is 0.282. The number of hydrogen-bond acceptors (Lipinski definition) is 2. The minimum Gasteiger partial charge on any atom is -0.299 e. The number of nitrogens with zero attached hydrogens (tertiary/aromatic N) is 2. The molecule has 1 heterocycles. The predicted molar refractivity (Wildman–Crippen MR) is 71.4 cm³/mol.